The van der Waals surface area contributed by atoms with E-state index in [9.17, 15) is 4.79 Å². The normalized spacial score (nSPS) is 17.8. The number of piperidine rings is 1. The summed E-state index contributed by atoms with van der Waals surface area (Å²) in [6.07, 6.45) is 7.55. The molecule has 0 radical (unpaired) electrons. The van der Waals surface area contributed by atoms with Crippen LogP contribution in [0.3, 0.4) is 0 Å². The summed E-state index contributed by atoms with van der Waals surface area (Å²) < 4.78 is 0. The highest BCUT2D eigenvalue weighted by Gasteiger charge is 2.20. The Labute approximate surface area is 156 Å². The van der Waals surface area contributed by atoms with Crippen molar-refractivity contribution < 1.29 is 4.79 Å². The van der Waals surface area contributed by atoms with Crippen molar-refractivity contribution in [2.45, 2.75) is 44.6 Å². The Morgan fingerprint density at radius 3 is 2.77 bits per heavy atom. The van der Waals surface area contributed by atoms with E-state index in [4.69, 9.17) is 0 Å². The van der Waals surface area contributed by atoms with Crippen LogP contribution < -0.4 is 5.32 Å². The maximum Gasteiger partial charge on any atom is 0.220 e. The molecule has 4 nitrogen and oxygen atoms in total. The molecular formula is C22H29N3O. The molecule has 1 saturated heterocycles. The molecule has 0 spiro atoms. The zero-order valence-corrected chi connectivity index (χ0v) is 15.4. The van der Waals surface area contributed by atoms with Gasteiger partial charge in [-0.25, -0.2) is 0 Å². The van der Waals surface area contributed by atoms with E-state index in [1.807, 2.05) is 18.2 Å². The lowest BCUT2D eigenvalue weighted by Crippen LogP contribution is -2.48. The van der Waals surface area contributed by atoms with E-state index >= 15 is 0 Å². The van der Waals surface area contributed by atoms with Gasteiger partial charge in [0.2, 0.25) is 5.91 Å². The first-order valence-electron chi connectivity index (χ1n) is 9.75. The summed E-state index contributed by atoms with van der Waals surface area (Å²) in [7, 11) is 0. The minimum Gasteiger partial charge on any atom is -0.352 e. The van der Waals surface area contributed by atoms with Gasteiger partial charge in [-0.2, -0.15) is 0 Å². The number of carbonyl (C=O) groups is 1. The molecule has 26 heavy (non-hydrogen) atoms. The monoisotopic (exact) mass is 351 g/mol. The fraction of sp³-hybridized carbons (Fsp3) is 0.455. The molecule has 0 aliphatic carbocycles. The van der Waals surface area contributed by atoms with Gasteiger partial charge < -0.3 is 10.2 Å². The molecule has 4 heteroatoms. The van der Waals surface area contributed by atoms with Crippen LogP contribution in [-0.2, 0) is 17.6 Å². The van der Waals surface area contributed by atoms with Crippen molar-refractivity contribution in [1.29, 1.82) is 0 Å². The SMILES string of the molecule is O=C(CCc1ccccn1)NC1CCCN(CCCc2ccccc2)C1. The number of nitrogens with one attached hydrogen (secondary N) is 1. The summed E-state index contributed by atoms with van der Waals surface area (Å²) in [5.74, 6) is 0.145. The number of likely N-dealkylation sites (tertiary alicyclic amines) is 1. The van der Waals surface area contributed by atoms with Gasteiger partial charge in [0.05, 0.1) is 0 Å². The highest BCUT2D eigenvalue weighted by Crippen LogP contribution is 2.12. The van der Waals surface area contributed by atoms with Crippen molar-refractivity contribution in [2.75, 3.05) is 19.6 Å². The molecule has 0 bridgehead atoms. The van der Waals surface area contributed by atoms with E-state index in [1.165, 1.54) is 12.0 Å². The van der Waals surface area contributed by atoms with Crippen LogP contribution in [0.2, 0.25) is 0 Å². The van der Waals surface area contributed by atoms with Gasteiger partial charge in [0, 0.05) is 30.9 Å². The Hall–Kier alpha value is -2.20. The van der Waals surface area contributed by atoms with Gasteiger partial charge in [-0.15, -0.1) is 0 Å². The fourth-order valence-electron chi connectivity index (χ4n) is 3.62. The highest BCUT2D eigenvalue weighted by atomic mass is 16.1. The van der Waals surface area contributed by atoms with E-state index in [2.05, 4.69) is 45.5 Å². The number of benzene rings is 1. The Morgan fingerprint density at radius 1 is 1.12 bits per heavy atom. The molecule has 1 aromatic heterocycles. The van der Waals surface area contributed by atoms with Gasteiger partial charge >= 0.3 is 0 Å². The van der Waals surface area contributed by atoms with Crippen molar-refractivity contribution in [3.8, 4) is 0 Å². The van der Waals surface area contributed by atoms with E-state index < -0.39 is 0 Å². The van der Waals surface area contributed by atoms with Crippen LogP contribution in [0.1, 0.15) is 36.9 Å². The molecule has 1 aliphatic rings. The topological polar surface area (TPSA) is 45.2 Å². The Balaban J connectivity index is 1.35. The fourth-order valence-corrected chi connectivity index (χ4v) is 3.62. The van der Waals surface area contributed by atoms with Gasteiger partial charge in [-0.3, -0.25) is 9.78 Å². The average Bonchev–Trinajstić information content (AvgIpc) is 2.68. The molecule has 1 unspecified atom stereocenters. The molecule has 138 valence electrons. The molecule has 1 N–H and O–H groups in total. The van der Waals surface area contributed by atoms with Crippen LogP contribution in [0, 0.1) is 0 Å². The summed E-state index contributed by atoms with van der Waals surface area (Å²) in [4.78, 5) is 19.0. The predicted molar refractivity (Wildman–Crippen MR) is 105 cm³/mol. The average molecular weight is 351 g/mol. The van der Waals surface area contributed by atoms with Crippen molar-refractivity contribution >= 4 is 5.91 Å². The first-order valence-corrected chi connectivity index (χ1v) is 9.75. The van der Waals surface area contributed by atoms with E-state index in [0.29, 0.717) is 12.8 Å². The minimum atomic E-state index is 0.145. The third-order valence-electron chi connectivity index (χ3n) is 4.99. The van der Waals surface area contributed by atoms with Gasteiger partial charge in [-0.05, 0) is 62.9 Å². The van der Waals surface area contributed by atoms with E-state index in [1.54, 1.807) is 6.20 Å². The summed E-state index contributed by atoms with van der Waals surface area (Å²) in [6.45, 7) is 3.23. The minimum absolute atomic E-state index is 0.145. The lowest BCUT2D eigenvalue weighted by Gasteiger charge is -2.33. The zero-order valence-electron chi connectivity index (χ0n) is 15.4. The molecule has 3 rings (SSSR count). The van der Waals surface area contributed by atoms with Crippen LogP contribution in [0.4, 0.5) is 0 Å². The molecular weight excluding hydrogens is 322 g/mol. The Bertz CT molecular complexity index is 660. The number of hydrogen-bond acceptors (Lipinski definition) is 3. The standard InChI is InChI=1S/C22H29N3O/c26-22(14-13-20-11-4-5-15-23-20)24-21-12-7-17-25(18-21)16-6-10-19-8-2-1-3-9-19/h1-5,8-9,11,15,21H,6-7,10,12-14,16-18H2,(H,24,26). The Kier molecular flexibility index (Phi) is 7.20. The molecule has 1 amide bonds. The summed E-state index contributed by atoms with van der Waals surface area (Å²) in [5.41, 5.74) is 2.39. The van der Waals surface area contributed by atoms with Crippen LogP contribution in [0.5, 0.6) is 0 Å². The lowest BCUT2D eigenvalue weighted by atomic mass is 10.0. The molecule has 1 aliphatic heterocycles. The Morgan fingerprint density at radius 2 is 1.96 bits per heavy atom. The van der Waals surface area contributed by atoms with Crippen molar-refractivity contribution in [3.63, 3.8) is 0 Å². The number of nitrogens with zero attached hydrogens (tertiary/aromatic N) is 2. The van der Waals surface area contributed by atoms with Crippen LogP contribution in [-0.4, -0.2) is 41.5 Å². The van der Waals surface area contributed by atoms with Crippen molar-refractivity contribution in [3.05, 3.63) is 66.0 Å². The molecule has 1 aromatic carbocycles. The van der Waals surface area contributed by atoms with Crippen LogP contribution >= 0.6 is 0 Å². The van der Waals surface area contributed by atoms with Gasteiger partial charge in [0.25, 0.3) is 0 Å². The second-order valence-electron chi connectivity index (χ2n) is 7.12. The van der Waals surface area contributed by atoms with E-state index in [0.717, 1.165) is 44.6 Å². The molecule has 0 saturated carbocycles. The molecule has 1 fully saturated rings. The number of rotatable bonds is 8. The second kappa shape index (κ2) is 10.1. The summed E-state index contributed by atoms with van der Waals surface area (Å²) >= 11 is 0. The van der Waals surface area contributed by atoms with Crippen LogP contribution in [0.25, 0.3) is 0 Å². The first kappa shape index (κ1) is 18.6. The van der Waals surface area contributed by atoms with Crippen LogP contribution in [0.15, 0.2) is 54.7 Å². The number of pyridine rings is 1. The largest absolute Gasteiger partial charge is 0.352 e. The molecule has 2 aromatic rings. The number of hydrogen-bond donors (Lipinski definition) is 1. The predicted octanol–water partition coefficient (Wildman–Crippen LogP) is 3.23. The number of aromatic nitrogens is 1. The van der Waals surface area contributed by atoms with E-state index in [-0.39, 0.29) is 11.9 Å². The van der Waals surface area contributed by atoms with Gasteiger partial charge in [0.15, 0.2) is 0 Å². The molecule has 2 heterocycles. The molecule has 1 atom stereocenters. The van der Waals surface area contributed by atoms with Gasteiger partial charge in [0.1, 0.15) is 0 Å². The first-order chi connectivity index (χ1) is 12.8. The summed E-state index contributed by atoms with van der Waals surface area (Å²) in [5, 5.41) is 3.22. The highest BCUT2D eigenvalue weighted by molar-refractivity contribution is 5.76. The van der Waals surface area contributed by atoms with Gasteiger partial charge in [-0.1, -0.05) is 36.4 Å². The van der Waals surface area contributed by atoms with Crippen molar-refractivity contribution in [1.82, 2.24) is 15.2 Å². The smallest absolute Gasteiger partial charge is 0.220 e. The second-order valence-corrected chi connectivity index (χ2v) is 7.12. The number of aryl methyl sites for hydroxylation is 2. The number of amides is 1. The zero-order chi connectivity index (χ0) is 18.0. The van der Waals surface area contributed by atoms with Crippen molar-refractivity contribution in [2.24, 2.45) is 0 Å². The number of carbonyl (C=O) groups excluding carboxylic acids is 1. The quantitative estimate of drug-likeness (QED) is 0.794. The maximum absolute atomic E-state index is 12.2. The third kappa shape index (κ3) is 6.26. The maximum atomic E-state index is 12.2. The lowest BCUT2D eigenvalue weighted by molar-refractivity contribution is -0.122. The third-order valence-corrected chi connectivity index (χ3v) is 4.99. The summed E-state index contributed by atoms with van der Waals surface area (Å²) in [6, 6.07) is 16.8.